The molecule has 0 bridgehead atoms. The van der Waals surface area contributed by atoms with Gasteiger partial charge in [0.05, 0.1) is 12.2 Å². The van der Waals surface area contributed by atoms with Crippen LogP contribution < -0.4 is 5.32 Å². The van der Waals surface area contributed by atoms with Gasteiger partial charge in [-0.3, -0.25) is 0 Å². The molecule has 2 nitrogen and oxygen atoms in total. The molecule has 1 N–H and O–H groups in total. The molecule has 1 aromatic rings. The zero-order chi connectivity index (χ0) is 12.5. The molecule has 0 unspecified atom stereocenters. The molecule has 1 heterocycles. The fraction of sp³-hybridized carbons (Fsp3) is 0.714. The van der Waals surface area contributed by atoms with Crippen LogP contribution in [0.25, 0.3) is 0 Å². The monoisotopic (exact) mass is 253 g/mol. The molecular weight excluding hydrogens is 230 g/mol. The first-order valence-corrected chi connectivity index (χ1v) is 7.21. The number of ether oxygens (including phenoxy) is 1. The van der Waals surface area contributed by atoms with E-state index < -0.39 is 0 Å². The van der Waals surface area contributed by atoms with Crippen molar-refractivity contribution in [3.05, 3.63) is 21.4 Å². The van der Waals surface area contributed by atoms with Crippen molar-refractivity contribution < 1.29 is 4.74 Å². The Kier molecular flexibility index (Phi) is 3.91. The summed E-state index contributed by atoms with van der Waals surface area (Å²) in [6.07, 6.45) is 2.70. The van der Waals surface area contributed by atoms with Gasteiger partial charge < -0.3 is 10.1 Å². The maximum absolute atomic E-state index is 5.83. The lowest BCUT2D eigenvalue weighted by Crippen LogP contribution is -2.18. The molecule has 0 spiro atoms. The number of hydrogen-bond donors (Lipinski definition) is 1. The molecule has 1 fully saturated rings. The highest BCUT2D eigenvalue weighted by molar-refractivity contribution is 7.12. The third kappa shape index (κ3) is 4.41. The van der Waals surface area contributed by atoms with Gasteiger partial charge in [-0.25, -0.2) is 0 Å². The van der Waals surface area contributed by atoms with Crippen LogP contribution in [0.1, 0.15) is 48.9 Å². The lowest BCUT2D eigenvalue weighted by atomic mass is 10.2. The topological polar surface area (TPSA) is 21.3 Å². The van der Waals surface area contributed by atoms with E-state index >= 15 is 0 Å². The molecule has 17 heavy (non-hydrogen) atoms. The summed E-state index contributed by atoms with van der Waals surface area (Å²) in [7, 11) is 0. The van der Waals surface area contributed by atoms with Gasteiger partial charge in [-0.2, -0.15) is 0 Å². The highest BCUT2D eigenvalue weighted by Gasteiger charge is 2.20. The minimum absolute atomic E-state index is 0.0548. The number of nitrogens with one attached hydrogen (secondary N) is 1. The van der Waals surface area contributed by atoms with Gasteiger partial charge in [-0.05, 0) is 52.2 Å². The van der Waals surface area contributed by atoms with Crippen molar-refractivity contribution in [1.29, 1.82) is 0 Å². The standard InChI is InChI=1S/C14H23NOS/c1-10-11(9-16-14(2,3)4)7-13(17-10)8-15-12-5-6-12/h7,12,15H,5-6,8-9H2,1-4H3. The fourth-order valence-corrected chi connectivity index (χ4v) is 2.64. The second kappa shape index (κ2) is 5.09. The molecule has 96 valence electrons. The molecule has 0 saturated heterocycles. The Morgan fingerprint density at radius 1 is 1.41 bits per heavy atom. The highest BCUT2D eigenvalue weighted by Crippen LogP contribution is 2.25. The summed E-state index contributed by atoms with van der Waals surface area (Å²) in [5.41, 5.74) is 1.29. The molecule has 1 aromatic heterocycles. The van der Waals surface area contributed by atoms with Crippen LogP contribution in [0.4, 0.5) is 0 Å². The summed E-state index contributed by atoms with van der Waals surface area (Å²) in [5.74, 6) is 0. The van der Waals surface area contributed by atoms with Crippen LogP contribution in [0.15, 0.2) is 6.07 Å². The molecule has 1 aliphatic rings. The van der Waals surface area contributed by atoms with Gasteiger partial charge in [0.1, 0.15) is 0 Å². The lowest BCUT2D eigenvalue weighted by Gasteiger charge is -2.19. The van der Waals surface area contributed by atoms with E-state index in [4.69, 9.17) is 4.74 Å². The minimum atomic E-state index is -0.0548. The SMILES string of the molecule is Cc1sc(CNC2CC2)cc1COC(C)(C)C. The molecule has 3 heteroatoms. The lowest BCUT2D eigenvalue weighted by molar-refractivity contribution is -0.0150. The molecule has 0 atom stereocenters. The van der Waals surface area contributed by atoms with Gasteiger partial charge in [0.25, 0.3) is 0 Å². The summed E-state index contributed by atoms with van der Waals surface area (Å²) in [5, 5.41) is 3.56. The van der Waals surface area contributed by atoms with E-state index in [-0.39, 0.29) is 5.60 Å². The first-order valence-electron chi connectivity index (χ1n) is 6.39. The van der Waals surface area contributed by atoms with Crippen molar-refractivity contribution in [2.24, 2.45) is 0 Å². The molecule has 0 amide bonds. The van der Waals surface area contributed by atoms with Gasteiger partial charge in [-0.15, -0.1) is 11.3 Å². The Morgan fingerprint density at radius 3 is 2.71 bits per heavy atom. The second-order valence-electron chi connectivity index (χ2n) is 5.85. The summed E-state index contributed by atoms with van der Waals surface area (Å²) >= 11 is 1.89. The molecule has 0 aliphatic heterocycles. The van der Waals surface area contributed by atoms with E-state index in [0.29, 0.717) is 0 Å². The van der Waals surface area contributed by atoms with Crippen LogP contribution in [0.5, 0.6) is 0 Å². The van der Waals surface area contributed by atoms with Crippen molar-refractivity contribution in [2.45, 2.75) is 65.3 Å². The van der Waals surface area contributed by atoms with E-state index in [2.05, 4.69) is 39.1 Å². The average Bonchev–Trinajstić information content (AvgIpc) is 2.97. The zero-order valence-electron chi connectivity index (χ0n) is 11.3. The van der Waals surface area contributed by atoms with E-state index in [1.165, 1.54) is 28.2 Å². The van der Waals surface area contributed by atoms with Crippen LogP contribution in [0.3, 0.4) is 0 Å². The Balaban J connectivity index is 1.88. The molecule has 2 rings (SSSR count). The quantitative estimate of drug-likeness (QED) is 0.865. The first-order chi connectivity index (χ1) is 7.94. The van der Waals surface area contributed by atoms with Crippen LogP contribution in [-0.4, -0.2) is 11.6 Å². The van der Waals surface area contributed by atoms with Gasteiger partial charge in [-0.1, -0.05) is 0 Å². The van der Waals surface area contributed by atoms with E-state index in [1.54, 1.807) is 0 Å². The maximum Gasteiger partial charge on any atom is 0.0734 e. The number of hydrogen-bond acceptors (Lipinski definition) is 3. The number of rotatable bonds is 5. The van der Waals surface area contributed by atoms with Crippen molar-refractivity contribution in [3.63, 3.8) is 0 Å². The minimum Gasteiger partial charge on any atom is -0.371 e. The third-order valence-electron chi connectivity index (χ3n) is 2.87. The van der Waals surface area contributed by atoms with Gasteiger partial charge >= 0.3 is 0 Å². The maximum atomic E-state index is 5.83. The normalized spacial score (nSPS) is 16.5. The zero-order valence-corrected chi connectivity index (χ0v) is 12.1. The molecular formula is C14H23NOS. The second-order valence-corrected chi connectivity index (χ2v) is 7.19. The van der Waals surface area contributed by atoms with Gasteiger partial charge in [0, 0.05) is 22.3 Å². The largest absolute Gasteiger partial charge is 0.371 e. The van der Waals surface area contributed by atoms with Crippen molar-refractivity contribution in [1.82, 2.24) is 5.32 Å². The average molecular weight is 253 g/mol. The molecule has 0 aromatic carbocycles. The summed E-state index contributed by atoms with van der Waals surface area (Å²) < 4.78 is 5.83. The van der Waals surface area contributed by atoms with E-state index in [0.717, 1.165) is 19.2 Å². The van der Waals surface area contributed by atoms with Crippen molar-refractivity contribution in [3.8, 4) is 0 Å². The Hall–Kier alpha value is -0.380. The Morgan fingerprint density at radius 2 is 2.12 bits per heavy atom. The number of aryl methyl sites for hydroxylation is 1. The Labute approximate surface area is 108 Å². The van der Waals surface area contributed by atoms with Crippen LogP contribution >= 0.6 is 11.3 Å². The Bertz CT molecular complexity index is 374. The number of thiophene rings is 1. The smallest absolute Gasteiger partial charge is 0.0734 e. The van der Waals surface area contributed by atoms with Crippen molar-refractivity contribution in [2.75, 3.05) is 0 Å². The van der Waals surface area contributed by atoms with Crippen LogP contribution in [0, 0.1) is 6.92 Å². The van der Waals surface area contributed by atoms with E-state index in [9.17, 15) is 0 Å². The summed E-state index contributed by atoms with van der Waals surface area (Å²) in [6.45, 7) is 10.2. The molecule has 1 aliphatic carbocycles. The summed E-state index contributed by atoms with van der Waals surface area (Å²) in [4.78, 5) is 2.82. The predicted molar refractivity (Wildman–Crippen MR) is 73.5 cm³/mol. The molecule has 1 saturated carbocycles. The van der Waals surface area contributed by atoms with Crippen LogP contribution in [0.2, 0.25) is 0 Å². The van der Waals surface area contributed by atoms with Crippen molar-refractivity contribution >= 4 is 11.3 Å². The van der Waals surface area contributed by atoms with Gasteiger partial charge in [0.15, 0.2) is 0 Å². The van der Waals surface area contributed by atoms with Crippen LogP contribution in [-0.2, 0) is 17.9 Å². The third-order valence-corrected chi connectivity index (χ3v) is 3.97. The fourth-order valence-electron chi connectivity index (χ4n) is 1.64. The van der Waals surface area contributed by atoms with E-state index in [1.807, 2.05) is 11.3 Å². The molecule has 0 radical (unpaired) electrons. The summed E-state index contributed by atoms with van der Waals surface area (Å²) in [6, 6.07) is 3.08. The van der Waals surface area contributed by atoms with Gasteiger partial charge in [0.2, 0.25) is 0 Å². The predicted octanol–water partition coefficient (Wildman–Crippen LogP) is 3.62. The first kappa shape index (κ1) is 13.1. The highest BCUT2D eigenvalue weighted by atomic mass is 32.1.